The van der Waals surface area contributed by atoms with Crippen molar-refractivity contribution in [3.05, 3.63) is 69.3 Å². The smallest absolute Gasteiger partial charge is 0.407 e. The van der Waals surface area contributed by atoms with E-state index >= 15 is 0 Å². The van der Waals surface area contributed by atoms with Gasteiger partial charge in [-0.05, 0) is 56.7 Å². The molecule has 0 radical (unpaired) electrons. The van der Waals surface area contributed by atoms with Gasteiger partial charge in [0.1, 0.15) is 30.6 Å². The van der Waals surface area contributed by atoms with Gasteiger partial charge in [-0.25, -0.2) is 9.59 Å². The highest BCUT2D eigenvalue weighted by Gasteiger charge is 2.51. The number of carbonyl (C=O) groups excluding carboxylic acids is 1. The van der Waals surface area contributed by atoms with E-state index in [4.69, 9.17) is 13.9 Å². The summed E-state index contributed by atoms with van der Waals surface area (Å²) in [5.74, 6) is 0. The predicted octanol–water partition coefficient (Wildman–Crippen LogP) is 6.52. The van der Waals surface area contributed by atoms with Gasteiger partial charge in [0, 0.05) is 18.8 Å². The number of hydrogen-bond acceptors (Lipinski definition) is 9. The molecular weight excluding hydrogens is 669 g/mol. The highest BCUT2D eigenvalue weighted by Crippen LogP contribution is 2.41. The van der Waals surface area contributed by atoms with Gasteiger partial charge in [0.25, 0.3) is 5.56 Å². The number of aryl methyl sites for hydroxylation is 1. The first-order chi connectivity index (χ1) is 24.3. The maximum Gasteiger partial charge on any atom is 0.407 e. The molecule has 1 aliphatic rings. The van der Waals surface area contributed by atoms with Gasteiger partial charge in [0.2, 0.25) is 0 Å². The Morgan fingerprint density at radius 2 is 1.71 bits per heavy atom. The molecule has 51 heavy (non-hydrogen) atoms. The van der Waals surface area contributed by atoms with E-state index < -0.39 is 50.2 Å². The number of nitrogens with one attached hydrogen (secondary N) is 2. The summed E-state index contributed by atoms with van der Waals surface area (Å²) in [5.41, 5.74) is -0.642. The second kappa shape index (κ2) is 21.3. The Balaban J connectivity index is 1.34. The van der Waals surface area contributed by atoms with Gasteiger partial charge in [-0.3, -0.25) is 19.0 Å². The molecule has 0 unspecified atom stereocenters. The van der Waals surface area contributed by atoms with Crippen molar-refractivity contribution in [1.29, 1.82) is 0 Å². The van der Waals surface area contributed by atoms with Crippen LogP contribution in [0, 0.1) is 0 Å². The molecule has 0 aliphatic carbocycles. The molecule has 0 aromatic carbocycles. The number of nitrogens with zero attached hydrogens (tertiary/aromatic N) is 4. The number of unbranched alkanes of at least 4 members (excludes halogenated alkanes) is 9. The lowest BCUT2D eigenvalue weighted by Crippen LogP contribution is -2.49. The zero-order chi connectivity index (χ0) is 37.3. The monoisotopic (exact) mass is 730 g/mol. The lowest BCUT2D eigenvalue weighted by molar-refractivity contribution is -0.0556. The summed E-state index contributed by atoms with van der Waals surface area (Å²) in [6.07, 6.45) is 21.8. The van der Waals surface area contributed by atoms with E-state index in [1.807, 2.05) is 19.3 Å². The number of alkyl carbamates (subject to hydrolysis) is 1. The Kier molecular flexibility index (Phi) is 17.5. The van der Waals surface area contributed by atoms with E-state index in [2.05, 4.69) is 72.6 Å². The molecule has 14 heteroatoms. The van der Waals surface area contributed by atoms with Crippen molar-refractivity contribution in [2.75, 3.05) is 6.61 Å². The molecule has 1 fully saturated rings. The summed E-state index contributed by atoms with van der Waals surface area (Å²) < 4.78 is 20.9. The first kappa shape index (κ1) is 42.1. The Morgan fingerprint density at radius 3 is 2.37 bits per heavy atom. The molecule has 13 nitrogen and oxygen atoms in total. The SMILES string of the molecule is CCCCC/C=C\C/C=C\CCCCCCCCn1cc(CNC(=O)OC[C@H]2O[C@@H](n3ccc(=O)[nH]c3=O)[C@H](O[Si](C)(C)C(C)(C)C)[C@@H]2O)nn1. The molecule has 1 aliphatic heterocycles. The van der Waals surface area contributed by atoms with Crippen LogP contribution in [0.2, 0.25) is 18.1 Å². The van der Waals surface area contributed by atoms with E-state index in [1.165, 1.54) is 68.2 Å². The summed E-state index contributed by atoms with van der Waals surface area (Å²) in [6, 6.07) is 1.20. The Bertz CT molecular complexity index is 1490. The molecule has 0 bridgehead atoms. The summed E-state index contributed by atoms with van der Waals surface area (Å²) in [4.78, 5) is 39.1. The van der Waals surface area contributed by atoms with Crippen LogP contribution in [0.1, 0.15) is 117 Å². The van der Waals surface area contributed by atoms with Crippen LogP contribution in [0.4, 0.5) is 4.79 Å². The number of aromatic nitrogens is 5. The Morgan fingerprint density at radius 1 is 1.04 bits per heavy atom. The third kappa shape index (κ3) is 14.3. The maximum atomic E-state index is 12.6. The number of carbonyl (C=O) groups is 1. The van der Waals surface area contributed by atoms with E-state index in [0.717, 1.165) is 32.2 Å². The number of hydrogen-bond donors (Lipinski definition) is 3. The summed E-state index contributed by atoms with van der Waals surface area (Å²) in [7, 11) is -2.43. The van der Waals surface area contributed by atoms with E-state index in [1.54, 1.807) is 4.68 Å². The molecule has 1 amide bonds. The van der Waals surface area contributed by atoms with Crippen molar-refractivity contribution in [1.82, 2.24) is 29.9 Å². The van der Waals surface area contributed by atoms with Crippen molar-refractivity contribution in [3.63, 3.8) is 0 Å². The minimum atomic E-state index is -2.43. The fourth-order valence-electron chi connectivity index (χ4n) is 5.51. The van der Waals surface area contributed by atoms with Crippen LogP contribution in [-0.4, -0.2) is 69.0 Å². The van der Waals surface area contributed by atoms with E-state index in [0.29, 0.717) is 5.69 Å². The van der Waals surface area contributed by atoms with E-state index in [9.17, 15) is 19.5 Å². The van der Waals surface area contributed by atoms with Gasteiger partial charge in [-0.2, -0.15) is 0 Å². The molecule has 1 saturated heterocycles. The van der Waals surface area contributed by atoms with Crippen LogP contribution in [0.15, 0.2) is 52.4 Å². The van der Waals surface area contributed by atoms with Gasteiger partial charge in [0.05, 0.1) is 12.7 Å². The largest absolute Gasteiger partial charge is 0.447 e. The number of aliphatic hydroxyl groups excluding tert-OH is 1. The van der Waals surface area contributed by atoms with Gasteiger partial charge in [-0.1, -0.05) is 95.7 Å². The van der Waals surface area contributed by atoms with Crippen molar-refractivity contribution in [2.45, 2.75) is 161 Å². The molecule has 0 spiro atoms. The zero-order valence-corrected chi connectivity index (χ0v) is 32.6. The molecule has 286 valence electrons. The molecule has 4 atom stereocenters. The minimum Gasteiger partial charge on any atom is -0.447 e. The summed E-state index contributed by atoms with van der Waals surface area (Å²) >= 11 is 0. The minimum absolute atomic E-state index is 0.128. The topological polar surface area (TPSA) is 163 Å². The normalized spacial score (nSPS) is 19.7. The average molecular weight is 731 g/mol. The number of ether oxygens (including phenoxy) is 2. The van der Waals surface area contributed by atoms with Gasteiger partial charge in [-0.15, -0.1) is 5.10 Å². The third-order valence-corrected chi connectivity index (χ3v) is 14.1. The predicted molar refractivity (Wildman–Crippen MR) is 201 cm³/mol. The van der Waals surface area contributed by atoms with Crippen LogP contribution in [-0.2, 0) is 27.0 Å². The standard InChI is InChI=1S/C37H62N6O7Si/c1-7-8-9-10-11-12-13-14-15-16-17-18-19-20-21-22-24-42-27-29(40-41-42)26-38-36(47)48-28-30-32(45)33(50-51(5,6)37(2,3)4)34(49-30)43-25-23-31(44)39-35(43)46/h11-12,14-15,23,25,27,30,32-34,45H,7-10,13,16-22,24,26,28H2,1-6H3,(H,38,47)(H,39,44,46)/b12-11-,15-14-/t30-,32-,33-,34-/m1/s1. The van der Waals surface area contributed by atoms with Crippen molar-refractivity contribution in [2.24, 2.45) is 0 Å². The summed E-state index contributed by atoms with van der Waals surface area (Å²) in [6.45, 7) is 13.1. The number of H-pyrrole nitrogens is 1. The van der Waals surface area contributed by atoms with Crippen LogP contribution in [0.3, 0.4) is 0 Å². The number of aliphatic hydroxyl groups is 1. The van der Waals surface area contributed by atoms with Crippen molar-refractivity contribution in [3.8, 4) is 0 Å². The summed E-state index contributed by atoms with van der Waals surface area (Å²) in [5, 5.41) is 22.0. The van der Waals surface area contributed by atoms with Crippen LogP contribution in [0.25, 0.3) is 0 Å². The van der Waals surface area contributed by atoms with Gasteiger partial charge < -0.3 is 24.3 Å². The number of amides is 1. The second-order valence-corrected chi connectivity index (χ2v) is 19.7. The average Bonchev–Trinajstić information content (AvgIpc) is 3.65. The highest BCUT2D eigenvalue weighted by molar-refractivity contribution is 6.74. The van der Waals surface area contributed by atoms with E-state index in [-0.39, 0.29) is 18.2 Å². The molecule has 3 N–H and O–H groups in total. The van der Waals surface area contributed by atoms with Crippen LogP contribution >= 0.6 is 0 Å². The molecular formula is C37H62N6O7Si. The third-order valence-electron chi connectivity index (χ3n) is 9.64. The van der Waals surface area contributed by atoms with Gasteiger partial charge >= 0.3 is 11.8 Å². The zero-order valence-electron chi connectivity index (χ0n) is 31.6. The Hall–Kier alpha value is -3.33. The van der Waals surface area contributed by atoms with Crippen LogP contribution in [0.5, 0.6) is 0 Å². The first-order valence-corrected chi connectivity index (χ1v) is 21.7. The van der Waals surface area contributed by atoms with Crippen molar-refractivity contribution < 1.29 is 23.8 Å². The number of aromatic amines is 1. The van der Waals surface area contributed by atoms with Gasteiger partial charge in [0.15, 0.2) is 14.5 Å². The lowest BCUT2D eigenvalue weighted by Gasteiger charge is -2.40. The quantitative estimate of drug-likeness (QED) is 0.0696. The lowest BCUT2D eigenvalue weighted by atomic mass is 10.1. The number of rotatable bonds is 22. The molecule has 2 aromatic heterocycles. The van der Waals surface area contributed by atoms with Crippen molar-refractivity contribution >= 4 is 14.4 Å². The fraction of sp³-hybridized carbons (Fsp3) is 0.703. The molecule has 3 heterocycles. The highest BCUT2D eigenvalue weighted by atomic mass is 28.4. The maximum absolute atomic E-state index is 12.6. The Labute approximate surface area is 304 Å². The van der Waals surface area contributed by atoms with Crippen LogP contribution < -0.4 is 16.6 Å². The molecule has 3 rings (SSSR count). The molecule has 2 aromatic rings. The molecule has 0 saturated carbocycles. The second-order valence-electron chi connectivity index (χ2n) is 14.9. The fourth-order valence-corrected chi connectivity index (χ4v) is 6.80. The number of allylic oxidation sites excluding steroid dienone is 4. The first-order valence-electron chi connectivity index (χ1n) is 18.7.